The predicted octanol–water partition coefficient (Wildman–Crippen LogP) is 5.73. The molecule has 2 amide bonds. The SMILES string of the molecule is CC(C)C(=O)[C@H](NC(=O)c1cccc(C2CCCN(C(=O)C3CCCC3)C2)c1)C1CCCCC1.[HH]. The number of nitrogens with one attached hydrogen (secondary N) is 1. The van der Waals surface area contributed by atoms with Gasteiger partial charge in [0.05, 0.1) is 6.04 Å². The zero-order valence-electron chi connectivity index (χ0n) is 21.1. The van der Waals surface area contributed by atoms with Crippen LogP contribution in [0.2, 0.25) is 0 Å². The van der Waals surface area contributed by atoms with E-state index in [1.807, 2.05) is 32.0 Å². The first-order chi connectivity index (χ1) is 16.4. The number of benzene rings is 1. The highest BCUT2D eigenvalue weighted by Crippen LogP contribution is 2.32. The number of carbonyl (C=O) groups excluding carboxylic acids is 3. The Bertz CT molecular complexity index is 874. The first-order valence-electron chi connectivity index (χ1n) is 13.7. The maximum atomic E-state index is 13.3. The molecule has 1 heterocycles. The predicted molar refractivity (Wildman–Crippen MR) is 137 cm³/mol. The molecule has 1 aromatic carbocycles. The second-order valence-corrected chi connectivity index (χ2v) is 11.1. The van der Waals surface area contributed by atoms with Crippen LogP contribution in [0.5, 0.6) is 0 Å². The molecular weight excluding hydrogens is 424 g/mol. The van der Waals surface area contributed by atoms with Crippen LogP contribution in [0.3, 0.4) is 0 Å². The lowest BCUT2D eigenvalue weighted by atomic mass is 9.80. The van der Waals surface area contributed by atoms with Gasteiger partial charge >= 0.3 is 0 Å². The van der Waals surface area contributed by atoms with Crippen LogP contribution in [-0.2, 0) is 9.59 Å². The number of hydrogen-bond donors (Lipinski definition) is 1. The fraction of sp³-hybridized carbons (Fsp3) is 0.690. The maximum Gasteiger partial charge on any atom is 0.251 e. The molecule has 3 aliphatic rings. The molecule has 4 rings (SSSR count). The Hall–Kier alpha value is -2.17. The molecule has 5 heteroatoms. The summed E-state index contributed by atoms with van der Waals surface area (Å²) in [5, 5.41) is 3.13. The summed E-state index contributed by atoms with van der Waals surface area (Å²) in [4.78, 5) is 41.3. The summed E-state index contributed by atoms with van der Waals surface area (Å²) in [6, 6.07) is 7.47. The lowest BCUT2D eigenvalue weighted by molar-refractivity contribution is -0.136. The largest absolute Gasteiger partial charge is 0.342 e. The molecule has 1 N–H and O–H groups in total. The van der Waals surface area contributed by atoms with E-state index >= 15 is 0 Å². The van der Waals surface area contributed by atoms with Gasteiger partial charge in [0.15, 0.2) is 5.78 Å². The monoisotopic (exact) mass is 468 g/mol. The Labute approximate surface area is 206 Å². The summed E-state index contributed by atoms with van der Waals surface area (Å²) < 4.78 is 0. The van der Waals surface area contributed by atoms with Crippen molar-refractivity contribution >= 4 is 17.6 Å². The molecule has 1 unspecified atom stereocenters. The molecule has 34 heavy (non-hydrogen) atoms. The molecule has 2 saturated carbocycles. The summed E-state index contributed by atoms with van der Waals surface area (Å²) in [5.41, 5.74) is 1.75. The second kappa shape index (κ2) is 11.5. The molecule has 3 fully saturated rings. The minimum atomic E-state index is -0.398. The first kappa shape index (κ1) is 24.9. The van der Waals surface area contributed by atoms with Gasteiger partial charge in [0.2, 0.25) is 5.91 Å². The highest BCUT2D eigenvalue weighted by molar-refractivity contribution is 5.98. The van der Waals surface area contributed by atoms with Gasteiger partial charge in [-0.25, -0.2) is 0 Å². The number of likely N-dealkylation sites (tertiary alicyclic amines) is 1. The number of rotatable bonds is 7. The number of hydrogen-bond acceptors (Lipinski definition) is 3. The summed E-state index contributed by atoms with van der Waals surface area (Å²) in [5.74, 6) is 0.947. The van der Waals surface area contributed by atoms with Gasteiger partial charge in [-0.15, -0.1) is 0 Å². The molecule has 5 nitrogen and oxygen atoms in total. The number of nitrogens with zero attached hydrogens (tertiary/aromatic N) is 1. The zero-order chi connectivity index (χ0) is 24.1. The van der Waals surface area contributed by atoms with Crippen LogP contribution < -0.4 is 5.32 Å². The van der Waals surface area contributed by atoms with Gasteiger partial charge in [0, 0.05) is 37.8 Å². The third kappa shape index (κ3) is 5.90. The van der Waals surface area contributed by atoms with Crippen molar-refractivity contribution in [1.82, 2.24) is 10.2 Å². The van der Waals surface area contributed by atoms with E-state index < -0.39 is 6.04 Å². The Kier molecular flexibility index (Phi) is 8.44. The Morgan fingerprint density at radius 2 is 1.65 bits per heavy atom. The van der Waals surface area contributed by atoms with E-state index in [-0.39, 0.29) is 36.8 Å². The van der Waals surface area contributed by atoms with E-state index in [9.17, 15) is 14.4 Å². The van der Waals surface area contributed by atoms with Crippen molar-refractivity contribution in [1.29, 1.82) is 0 Å². The fourth-order valence-electron chi connectivity index (χ4n) is 6.29. The van der Waals surface area contributed by atoms with Crippen LogP contribution >= 0.6 is 0 Å². The molecule has 0 aromatic heterocycles. The van der Waals surface area contributed by atoms with Crippen molar-refractivity contribution in [2.45, 2.75) is 96.4 Å². The summed E-state index contributed by atoms with van der Waals surface area (Å²) in [7, 11) is 0. The normalized spacial score (nSPS) is 23.1. The van der Waals surface area contributed by atoms with Crippen molar-refractivity contribution in [3.63, 3.8) is 0 Å². The van der Waals surface area contributed by atoms with Gasteiger partial charge in [-0.1, -0.05) is 58.1 Å². The number of piperidine rings is 1. The van der Waals surface area contributed by atoms with Gasteiger partial charge < -0.3 is 10.2 Å². The van der Waals surface area contributed by atoms with Crippen molar-refractivity contribution in [2.75, 3.05) is 13.1 Å². The smallest absolute Gasteiger partial charge is 0.251 e. The van der Waals surface area contributed by atoms with Crippen LogP contribution in [0.25, 0.3) is 0 Å². The summed E-state index contributed by atoms with van der Waals surface area (Å²) in [6.45, 7) is 5.45. The third-order valence-electron chi connectivity index (χ3n) is 8.34. The van der Waals surface area contributed by atoms with Crippen molar-refractivity contribution in [3.05, 3.63) is 35.4 Å². The van der Waals surface area contributed by atoms with Crippen LogP contribution in [0.15, 0.2) is 24.3 Å². The highest BCUT2D eigenvalue weighted by atomic mass is 16.2. The average Bonchev–Trinajstić information content (AvgIpc) is 3.42. The second-order valence-electron chi connectivity index (χ2n) is 11.1. The molecule has 2 atom stereocenters. The fourth-order valence-corrected chi connectivity index (χ4v) is 6.29. The molecule has 1 aromatic rings. The molecule has 0 bridgehead atoms. The number of Topliss-reactive ketones (excluding diaryl/α,β-unsaturated/α-hetero) is 1. The van der Waals surface area contributed by atoms with Gasteiger partial charge in [-0.05, 0) is 62.1 Å². The van der Waals surface area contributed by atoms with E-state index in [1.165, 1.54) is 19.3 Å². The molecule has 1 saturated heterocycles. The lowest BCUT2D eigenvalue weighted by Gasteiger charge is -2.35. The number of amides is 2. The van der Waals surface area contributed by atoms with Gasteiger partial charge in [-0.3, -0.25) is 14.4 Å². The summed E-state index contributed by atoms with van der Waals surface area (Å²) in [6.07, 6.45) is 12.0. The summed E-state index contributed by atoms with van der Waals surface area (Å²) >= 11 is 0. The van der Waals surface area contributed by atoms with E-state index in [0.29, 0.717) is 11.5 Å². The minimum Gasteiger partial charge on any atom is -0.342 e. The molecular formula is C29H44N2O3. The van der Waals surface area contributed by atoms with Crippen LogP contribution in [0.1, 0.15) is 108 Å². The van der Waals surface area contributed by atoms with Crippen molar-refractivity contribution in [2.24, 2.45) is 17.8 Å². The van der Waals surface area contributed by atoms with Crippen LogP contribution in [0.4, 0.5) is 0 Å². The van der Waals surface area contributed by atoms with Gasteiger partial charge in [-0.2, -0.15) is 0 Å². The molecule has 0 radical (unpaired) electrons. The standard InChI is InChI=1S/C29H42N2O3.H2/c1-20(2)27(32)26(21-10-4-3-5-11-21)30-28(33)24-15-8-14-23(18-24)25-16-9-17-31(19-25)29(34)22-12-6-7-13-22;/h8,14-15,18,20-22,25-26H,3-7,9-13,16-17,19H2,1-2H3,(H,30,33);1H/t25?,26-;/m1./s1. The molecule has 188 valence electrons. The van der Waals surface area contributed by atoms with Crippen LogP contribution in [-0.4, -0.2) is 41.6 Å². The van der Waals surface area contributed by atoms with Crippen LogP contribution in [0, 0.1) is 17.8 Å². The Morgan fingerprint density at radius 3 is 2.35 bits per heavy atom. The van der Waals surface area contributed by atoms with E-state index in [1.54, 1.807) is 0 Å². The Morgan fingerprint density at radius 1 is 0.941 bits per heavy atom. The molecule has 0 spiro atoms. The van der Waals surface area contributed by atoms with Gasteiger partial charge in [0.25, 0.3) is 5.91 Å². The topological polar surface area (TPSA) is 66.5 Å². The quantitative estimate of drug-likeness (QED) is 0.555. The third-order valence-corrected chi connectivity index (χ3v) is 8.34. The molecule has 2 aliphatic carbocycles. The average molecular weight is 469 g/mol. The first-order valence-corrected chi connectivity index (χ1v) is 13.7. The van der Waals surface area contributed by atoms with E-state index in [2.05, 4.69) is 16.3 Å². The minimum absolute atomic E-state index is 0. The van der Waals surface area contributed by atoms with E-state index in [4.69, 9.17) is 0 Å². The zero-order valence-corrected chi connectivity index (χ0v) is 21.1. The highest BCUT2D eigenvalue weighted by Gasteiger charge is 2.33. The maximum absolute atomic E-state index is 13.3. The van der Waals surface area contributed by atoms with Gasteiger partial charge in [0.1, 0.15) is 0 Å². The molecule has 1 aliphatic heterocycles. The lowest BCUT2D eigenvalue weighted by Crippen LogP contribution is -2.48. The van der Waals surface area contributed by atoms with Crippen molar-refractivity contribution < 1.29 is 15.8 Å². The number of carbonyl (C=O) groups is 3. The van der Waals surface area contributed by atoms with Crippen molar-refractivity contribution in [3.8, 4) is 0 Å². The number of ketones is 1. The van der Waals surface area contributed by atoms with E-state index in [0.717, 1.165) is 70.0 Å². The Balaban J connectivity index is 0.00000342.